The zero-order chi connectivity index (χ0) is 14.1. The number of ether oxygens (including phenoxy) is 3. The van der Waals surface area contributed by atoms with Crippen LogP contribution in [0.15, 0.2) is 30.3 Å². The number of rotatable bonds is 6. The second kappa shape index (κ2) is 7.86. The third kappa shape index (κ3) is 6.21. The van der Waals surface area contributed by atoms with Crippen molar-refractivity contribution in [2.75, 3.05) is 13.7 Å². The van der Waals surface area contributed by atoms with Crippen molar-refractivity contribution < 1.29 is 28.6 Å². The standard InChI is InChI=1S/C13H14O6/c1-17-13(16)9-19-12(15)7-11(14)18-8-10-5-3-2-4-6-10/h2-6H,7-9H2,1H3. The molecule has 0 radical (unpaired) electrons. The zero-order valence-corrected chi connectivity index (χ0v) is 10.5. The van der Waals surface area contributed by atoms with Gasteiger partial charge in [-0.15, -0.1) is 0 Å². The normalized spacial score (nSPS) is 9.53. The van der Waals surface area contributed by atoms with Gasteiger partial charge in [-0.1, -0.05) is 30.3 Å². The highest BCUT2D eigenvalue weighted by Crippen LogP contribution is 2.02. The molecular weight excluding hydrogens is 252 g/mol. The summed E-state index contributed by atoms with van der Waals surface area (Å²) < 4.78 is 13.7. The van der Waals surface area contributed by atoms with Gasteiger partial charge in [0.15, 0.2) is 6.61 Å². The van der Waals surface area contributed by atoms with Gasteiger partial charge in [0.2, 0.25) is 0 Å². The van der Waals surface area contributed by atoms with Crippen molar-refractivity contribution in [1.29, 1.82) is 0 Å². The summed E-state index contributed by atoms with van der Waals surface area (Å²) in [6, 6.07) is 9.06. The van der Waals surface area contributed by atoms with Gasteiger partial charge in [-0.05, 0) is 5.56 Å². The SMILES string of the molecule is COC(=O)COC(=O)CC(=O)OCc1ccccc1. The highest BCUT2D eigenvalue weighted by molar-refractivity contribution is 5.91. The van der Waals surface area contributed by atoms with Crippen LogP contribution in [0.3, 0.4) is 0 Å². The molecule has 0 saturated heterocycles. The van der Waals surface area contributed by atoms with E-state index in [0.29, 0.717) is 0 Å². The van der Waals surface area contributed by atoms with Gasteiger partial charge in [0.1, 0.15) is 13.0 Å². The topological polar surface area (TPSA) is 78.9 Å². The fraction of sp³-hybridized carbons (Fsp3) is 0.308. The summed E-state index contributed by atoms with van der Waals surface area (Å²) in [4.78, 5) is 33.2. The largest absolute Gasteiger partial charge is 0.466 e. The average Bonchev–Trinajstić information content (AvgIpc) is 2.43. The first-order valence-electron chi connectivity index (χ1n) is 5.54. The molecule has 0 atom stereocenters. The van der Waals surface area contributed by atoms with Crippen LogP contribution in [-0.2, 0) is 35.2 Å². The van der Waals surface area contributed by atoms with Crippen molar-refractivity contribution in [2.45, 2.75) is 13.0 Å². The van der Waals surface area contributed by atoms with Crippen molar-refractivity contribution in [3.63, 3.8) is 0 Å². The first-order valence-corrected chi connectivity index (χ1v) is 5.54. The maximum absolute atomic E-state index is 11.3. The molecule has 0 unspecified atom stereocenters. The van der Waals surface area contributed by atoms with Crippen molar-refractivity contribution in [2.24, 2.45) is 0 Å². The van der Waals surface area contributed by atoms with Gasteiger partial charge in [-0.25, -0.2) is 4.79 Å². The molecule has 102 valence electrons. The van der Waals surface area contributed by atoms with Crippen molar-refractivity contribution in [3.05, 3.63) is 35.9 Å². The van der Waals surface area contributed by atoms with E-state index in [2.05, 4.69) is 9.47 Å². The summed E-state index contributed by atoms with van der Waals surface area (Å²) in [5.74, 6) is -2.23. The van der Waals surface area contributed by atoms with Gasteiger partial charge in [0.25, 0.3) is 0 Å². The minimum atomic E-state index is -0.830. The molecule has 6 heteroatoms. The fourth-order valence-electron chi connectivity index (χ4n) is 1.16. The Kier molecular flexibility index (Phi) is 6.08. The lowest BCUT2D eigenvalue weighted by Gasteiger charge is -2.05. The van der Waals surface area contributed by atoms with E-state index in [1.165, 1.54) is 7.11 Å². The van der Waals surface area contributed by atoms with Gasteiger partial charge in [0.05, 0.1) is 7.11 Å². The predicted octanol–water partition coefficient (Wildman–Crippen LogP) is 0.836. The smallest absolute Gasteiger partial charge is 0.344 e. The van der Waals surface area contributed by atoms with Crippen LogP contribution in [0.2, 0.25) is 0 Å². The average molecular weight is 266 g/mol. The Morgan fingerprint density at radius 2 is 1.58 bits per heavy atom. The van der Waals surface area contributed by atoms with E-state index >= 15 is 0 Å². The van der Waals surface area contributed by atoms with Crippen LogP contribution in [0.5, 0.6) is 0 Å². The highest BCUT2D eigenvalue weighted by Gasteiger charge is 2.13. The molecule has 1 aromatic carbocycles. The Morgan fingerprint density at radius 3 is 2.21 bits per heavy atom. The third-order valence-electron chi connectivity index (χ3n) is 2.11. The first-order chi connectivity index (χ1) is 9.11. The van der Waals surface area contributed by atoms with Gasteiger partial charge in [0, 0.05) is 0 Å². The van der Waals surface area contributed by atoms with Crippen LogP contribution >= 0.6 is 0 Å². The number of carbonyl (C=O) groups is 3. The van der Waals surface area contributed by atoms with Gasteiger partial charge >= 0.3 is 17.9 Å². The Morgan fingerprint density at radius 1 is 0.947 bits per heavy atom. The lowest BCUT2D eigenvalue weighted by Crippen LogP contribution is -2.18. The van der Waals surface area contributed by atoms with Gasteiger partial charge < -0.3 is 14.2 Å². The number of esters is 3. The molecule has 0 saturated carbocycles. The van der Waals surface area contributed by atoms with Crippen LogP contribution in [0.25, 0.3) is 0 Å². The number of carbonyl (C=O) groups excluding carboxylic acids is 3. The summed E-state index contributed by atoms with van der Waals surface area (Å²) in [6.07, 6.45) is -0.538. The number of methoxy groups -OCH3 is 1. The Labute approximate surface area is 110 Å². The predicted molar refractivity (Wildman–Crippen MR) is 63.8 cm³/mol. The van der Waals surface area contributed by atoms with Gasteiger partial charge in [-0.3, -0.25) is 9.59 Å². The number of benzene rings is 1. The van der Waals surface area contributed by atoms with Crippen LogP contribution in [0.4, 0.5) is 0 Å². The molecule has 0 heterocycles. The minimum Gasteiger partial charge on any atom is -0.466 e. The summed E-state index contributed by atoms with van der Waals surface area (Å²) in [7, 11) is 1.17. The van der Waals surface area contributed by atoms with Crippen LogP contribution < -0.4 is 0 Å². The minimum absolute atomic E-state index is 0.0873. The molecule has 0 bridgehead atoms. The monoisotopic (exact) mass is 266 g/mol. The second-order valence-corrected chi connectivity index (χ2v) is 3.56. The molecule has 1 rings (SSSR count). The maximum atomic E-state index is 11.3. The van der Waals surface area contributed by atoms with Crippen LogP contribution in [0.1, 0.15) is 12.0 Å². The lowest BCUT2D eigenvalue weighted by molar-refractivity contribution is -0.161. The molecule has 0 aliphatic heterocycles. The molecule has 0 fully saturated rings. The van der Waals surface area contributed by atoms with E-state index in [9.17, 15) is 14.4 Å². The van der Waals surface area contributed by atoms with Crippen LogP contribution in [-0.4, -0.2) is 31.6 Å². The van der Waals surface area contributed by atoms with Crippen molar-refractivity contribution in [3.8, 4) is 0 Å². The molecular formula is C13H14O6. The highest BCUT2D eigenvalue weighted by atomic mass is 16.6. The number of hydrogen-bond acceptors (Lipinski definition) is 6. The molecule has 6 nitrogen and oxygen atoms in total. The Bertz CT molecular complexity index is 440. The quantitative estimate of drug-likeness (QED) is 0.431. The molecule has 0 N–H and O–H groups in total. The molecule has 0 aromatic heterocycles. The molecule has 0 spiro atoms. The van der Waals surface area contributed by atoms with E-state index in [1.807, 2.05) is 18.2 Å². The molecule has 0 aliphatic carbocycles. The molecule has 0 amide bonds. The lowest BCUT2D eigenvalue weighted by atomic mass is 10.2. The fourth-order valence-corrected chi connectivity index (χ4v) is 1.16. The summed E-state index contributed by atoms with van der Waals surface area (Å²) in [5.41, 5.74) is 0.818. The van der Waals surface area contributed by atoms with Gasteiger partial charge in [-0.2, -0.15) is 0 Å². The van der Waals surface area contributed by atoms with E-state index in [0.717, 1.165) is 5.56 Å². The van der Waals surface area contributed by atoms with Crippen LogP contribution in [0, 0.1) is 0 Å². The Hall–Kier alpha value is -2.37. The van der Waals surface area contributed by atoms with E-state index in [-0.39, 0.29) is 6.61 Å². The van der Waals surface area contributed by atoms with E-state index < -0.39 is 30.9 Å². The summed E-state index contributed by atoms with van der Waals surface area (Å²) in [5, 5.41) is 0. The first kappa shape index (κ1) is 14.7. The summed E-state index contributed by atoms with van der Waals surface area (Å²) >= 11 is 0. The van der Waals surface area contributed by atoms with E-state index in [4.69, 9.17) is 4.74 Å². The summed E-state index contributed by atoms with van der Waals surface area (Å²) in [6.45, 7) is -0.425. The number of hydrogen-bond donors (Lipinski definition) is 0. The van der Waals surface area contributed by atoms with E-state index in [1.54, 1.807) is 12.1 Å². The zero-order valence-electron chi connectivity index (χ0n) is 10.5. The molecule has 1 aromatic rings. The second-order valence-electron chi connectivity index (χ2n) is 3.56. The molecule has 19 heavy (non-hydrogen) atoms. The molecule has 0 aliphatic rings. The third-order valence-corrected chi connectivity index (χ3v) is 2.11. The maximum Gasteiger partial charge on any atom is 0.344 e. The van der Waals surface area contributed by atoms with Crippen molar-refractivity contribution >= 4 is 17.9 Å². The Balaban J connectivity index is 2.24. The van der Waals surface area contributed by atoms with Crippen molar-refractivity contribution in [1.82, 2.24) is 0 Å².